The Morgan fingerprint density at radius 2 is 2.07 bits per heavy atom. The lowest BCUT2D eigenvalue weighted by molar-refractivity contribution is -0.138. The number of amides is 1. The molecule has 0 fully saturated rings. The Kier molecular flexibility index (Phi) is 6.63. The SMILES string of the molecule is CCCCC(CC)C(=O)N1CCc2nc(-c3cccc(C(F)(F)F)c3)[nH]c(=O)c2C1. The van der Waals surface area contributed by atoms with Crippen LogP contribution in [0.25, 0.3) is 11.4 Å². The number of carbonyl (C=O) groups is 1. The van der Waals surface area contributed by atoms with Crippen molar-refractivity contribution in [3.8, 4) is 11.4 Å². The summed E-state index contributed by atoms with van der Waals surface area (Å²) < 4.78 is 39.0. The van der Waals surface area contributed by atoms with E-state index in [2.05, 4.69) is 16.9 Å². The maximum absolute atomic E-state index is 13.0. The van der Waals surface area contributed by atoms with Gasteiger partial charge in [0, 0.05) is 24.4 Å². The van der Waals surface area contributed by atoms with Crippen molar-refractivity contribution in [3.63, 3.8) is 0 Å². The largest absolute Gasteiger partial charge is 0.416 e. The number of nitrogens with one attached hydrogen (secondary N) is 1. The normalized spacial score (nSPS) is 15.0. The quantitative estimate of drug-likeness (QED) is 0.744. The molecule has 1 aromatic carbocycles. The van der Waals surface area contributed by atoms with Gasteiger partial charge < -0.3 is 9.88 Å². The molecule has 1 unspecified atom stereocenters. The van der Waals surface area contributed by atoms with E-state index in [0.29, 0.717) is 24.2 Å². The van der Waals surface area contributed by atoms with E-state index in [-0.39, 0.29) is 29.8 Å². The molecule has 2 aromatic rings. The van der Waals surface area contributed by atoms with Crippen molar-refractivity contribution in [2.75, 3.05) is 6.54 Å². The number of carbonyl (C=O) groups excluding carboxylic acids is 1. The van der Waals surface area contributed by atoms with Crippen LogP contribution in [-0.4, -0.2) is 27.3 Å². The third-order valence-electron chi connectivity index (χ3n) is 5.59. The smallest absolute Gasteiger partial charge is 0.337 e. The van der Waals surface area contributed by atoms with Gasteiger partial charge in [-0.25, -0.2) is 4.98 Å². The van der Waals surface area contributed by atoms with E-state index < -0.39 is 17.3 Å². The second-order valence-electron chi connectivity index (χ2n) is 7.68. The Balaban J connectivity index is 1.85. The number of benzene rings is 1. The van der Waals surface area contributed by atoms with E-state index in [1.807, 2.05) is 6.92 Å². The number of rotatable bonds is 6. The molecule has 0 spiro atoms. The standard InChI is InChI=1S/C22H26F3N3O2/c1-3-5-7-14(4-2)21(30)28-11-10-18-17(13-28)20(29)27-19(26-18)15-8-6-9-16(12-15)22(23,24)25/h6,8-9,12,14H,3-5,7,10-11,13H2,1-2H3,(H,26,27,29). The van der Waals surface area contributed by atoms with Crippen LogP contribution in [0.2, 0.25) is 0 Å². The van der Waals surface area contributed by atoms with Crippen LogP contribution in [0.1, 0.15) is 56.4 Å². The van der Waals surface area contributed by atoms with Gasteiger partial charge in [-0.05, 0) is 25.0 Å². The molecule has 0 aliphatic carbocycles. The van der Waals surface area contributed by atoms with Gasteiger partial charge in [-0.3, -0.25) is 9.59 Å². The summed E-state index contributed by atoms with van der Waals surface area (Å²) in [5.41, 5.74) is -0.0531. The molecule has 30 heavy (non-hydrogen) atoms. The number of halogens is 3. The average molecular weight is 421 g/mol. The lowest BCUT2D eigenvalue weighted by atomic mass is 9.96. The second kappa shape index (κ2) is 9.02. The highest BCUT2D eigenvalue weighted by atomic mass is 19.4. The van der Waals surface area contributed by atoms with Crippen LogP contribution in [0, 0.1) is 5.92 Å². The minimum Gasteiger partial charge on any atom is -0.337 e. The molecule has 1 amide bonds. The first-order chi connectivity index (χ1) is 14.2. The van der Waals surface area contributed by atoms with Crippen LogP contribution in [0.3, 0.4) is 0 Å². The minimum atomic E-state index is -4.47. The summed E-state index contributed by atoms with van der Waals surface area (Å²) in [5, 5.41) is 0. The fourth-order valence-corrected chi connectivity index (χ4v) is 3.80. The van der Waals surface area contributed by atoms with E-state index in [1.54, 1.807) is 4.90 Å². The molecule has 0 saturated heterocycles. The van der Waals surface area contributed by atoms with Crippen molar-refractivity contribution in [2.45, 2.75) is 58.7 Å². The summed E-state index contributed by atoms with van der Waals surface area (Å²) in [6.07, 6.45) is -0.477. The molecule has 1 aliphatic rings. The Morgan fingerprint density at radius 3 is 2.73 bits per heavy atom. The Hall–Kier alpha value is -2.64. The maximum atomic E-state index is 13.0. The number of hydrogen-bond donors (Lipinski definition) is 1. The Morgan fingerprint density at radius 1 is 1.30 bits per heavy atom. The average Bonchev–Trinajstić information content (AvgIpc) is 2.73. The summed E-state index contributed by atoms with van der Waals surface area (Å²) in [5.74, 6) is 0.111. The van der Waals surface area contributed by atoms with E-state index >= 15 is 0 Å². The first kappa shape index (κ1) is 22.1. The summed E-state index contributed by atoms with van der Waals surface area (Å²) in [6, 6.07) is 4.73. The predicted octanol–water partition coefficient (Wildman–Crippen LogP) is 4.56. The van der Waals surface area contributed by atoms with Crippen LogP contribution in [0.4, 0.5) is 13.2 Å². The summed E-state index contributed by atoms with van der Waals surface area (Å²) in [7, 11) is 0. The molecule has 162 valence electrons. The van der Waals surface area contributed by atoms with Crippen molar-refractivity contribution < 1.29 is 18.0 Å². The zero-order valence-corrected chi connectivity index (χ0v) is 17.2. The molecule has 5 nitrogen and oxygen atoms in total. The Bertz CT molecular complexity index is 969. The number of fused-ring (bicyclic) bond motifs is 1. The van der Waals surface area contributed by atoms with Gasteiger partial charge in [0.25, 0.3) is 5.56 Å². The van der Waals surface area contributed by atoms with Crippen LogP contribution in [0.5, 0.6) is 0 Å². The molecule has 1 atom stereocenters. The van der Waals surface area contributed by atoms with E-state index in [0.717, 1.165) is 37.8 Å². The third-order valence-corrected chi connectivity index (χ3v) is 5.59. The predicted molar refractivity (Wildman–Crippen MR) is 108 cm³/mol. The Labute approximate surface area is 173 Å². The molecule has 1 N–H and O–H groups in total. The summed E-state index contributed by atoms with van der Waals surface area (Å²) in [4.78, 5) is 34.2. The number of aromatic amines is 1. The fraction of sp³-hybridized carbons (Fsp3) is 0.500. The first-order valence-corrected chi connectivity index (χ1v) is 10.3. The maximum Gasteiger partial charge on any atom is 0.416 e. The topological polar surface area (TPSA) is 66.1 Å². The highest BCUT2D eigenvalue weighted by molar-refractivity contribution is 5.79. The fourth-order valence-electron chi connectivity index (χ4n) is 3.80. The van der Waals surface area contributed by atoms with Crippen molar-refractivity contribution in [1.82, 2.24) is 14.9 Å². The molecule has 0 bridgehead atoms. The number of unbranched alkanes of at least 4 members (excludes halogenated alkanes) is 1. The lowest BCUT2D eigenvalue weighted by Gasteiger charge is -2.31. The molecule has 1 aliphatic heterocycles. The molecule has 0 saturated carbocycles. The van der Waals surface area contributed by atoms with Crippen LogP contribution < -0.4 is 5.56 Å². The molecule has 0 radical (unpaired) electrons. The number of alkyl halides is 3. The van der Waals surface area contributed by atoms with Crippen molar-refractivity contribution >= 4 is 5.91 Å². The van der Waals surface area contributed by atoms with E-state index in [1.165, 1.54) is 12.1 Å². The van der Waals surface area contributed by atoms with Gasteiger partial charge in [0.15, 0.2) is 0 Å². The lowest BCUT2D eigenvalue weighted by Crippen LogP contribution is -2.42. The number of aromatic nitrogens is 2. The van der Waals surface area contributed by atoms with Crippen LogP contribution in [0.15, 0.2) is 29.1 Å². The monoisotopic (exact) mass is 421 g/mol. The molecular weight excluding hydrogens is 395 g/mol. The highest BCUT2D eigenvalue weighted by Crippen LogP contribution is 2.31. The van der Waals surface area contributed by atoms with Crippen molar-refractivity contribution in [3.05, 3.63) is 51.4 Å². The molecule has 2 heterocycles. The van der Waals surface area contributed by atoms with Gasteiger partial charge in [-0.15, -0.1) is 0 Å². The molecule has 3 rings (SSSR count). The zero-order valence-electron chi connectivity index (χ0n) is 17.2. The number of H-pyrrole nitrogens is 1. The van der Waals surface area contributed by atoms with E-state index in [9.17, 15) is 22.8 Å². The van der Waals surface area contributed by atoms with Gasteiger partial charge in [-0.2, -0.15) is 13.2 Å². The number of hydrogen-bond acceptors (Lipinski definition) is 3. The molecule has 8 heteroatoms. The zero-order chi connectivity index (χ0) is 21.9. The molecule has 1 aromatic heterocycles. The minimum absolute atomic E-state index is 0.0528. The summed E-state index contributed by atoms with van der Waals surface area (Å²) in [6.45, 7) is 4.71. The first-order valence-electron chi connectivity index (χ1n) is 10.3. The van der Waals surface area contributed by atoms with Gasteiger partial charge in [0.05, 0.1) is 23.4 Å². The van der Waals surface area contributed by atoms with Crippen LogP contribution >= 0.6 is 0 Å². The van der Waals surface area contributed by atoms with Crippen molar-refractivity contribution in [2.24, 2.45) is 5.92 Å². The number of nitrogens with zero attached hydrogens (tertiary/aromatic N) is 2. The van der Waals surface area contributed by atoms with Gasteiger partial charge in [0.2, 0.25) is 5.91 Å². The third kappa shape index (κ3) is 4.74. The van der Waals surface area contributed by atoms with Gasteiger partial charge >= 0.3 is 6.18 Å². The second-order valence-corrected chi connectivity index (χ2v) is 7.68. The van der Waals surface area contributed by atoms with Gasteiger partial charge in [-0.1, -0.05) is 38.8 Å². The van der Waals surface area contributed by atoms with Gasteiger partial charge in [0.1, 0.15) is 5.82 Å². The highest BCUT2D eigenvalue weighted by Gasteiger charge is 2.31. The summed E-state index contributed by atoms with van der Waals surface area (Å²) >= 11 is 0. The van der Waals surface area contributed by atoms with Crippen LogP contribution in [-0.2, 0) is 23.9 Å². The van der Waals surface area contributed by atoms with Crippen molar-refractivity contribution in [1.29, 1.82) is 0 Å². The van der Waals surface area contributed by atoms with E-state index in [4.69, 9.17) is 0 Å². The molecular formula is C22H26F3N3O2.